The number of aliphatic carboxylic acids is 1. The summed E-state index contributed by atoms with van der Waals surface area (Å²) in [6.07, 6.45) is 0.758. The summed E-state index contributed by atoms with van der Waals surface area (Å²) in [6, 6.07) is 17.6. The zero-order chi connectivity index (χ0) is 25.4. The van der Waals surface area contributed by atoms with E-state index in [0.717, 1.165) is 51.8 Å². The number of carboxylic acids is 1. The molecular weight excluding hydrogens is 452 g/mol. The van der Waals surface area contributed by atoms with Crippen molar-refractivity contribution in [1.29, 1.82) is 0 Å². The van der Waals surface area contributed by atoms with Crippen molar-refractivity contribution in [2.75, 3.05) is 6.54 Å². The molecule has 184 valence electrons. The zero-order valence-corrected chi connectivity index (χ0v) is 20.9. The predicted octanol–water partition coefficient (Wildman–Crippen LogP) is 4.87. The fourth-order valence-electron chi connectivity index (χ4n) is 5.46. The normalized spacial score (nSPS) is 14.0. The Morgan fingerprint density at radius 1 is 1.08 bits per heavy atom. The highest BCUT2D eigenvalue weighted by molar-refractivity contribution is 5.94. The first-order valence-electron chi connectivity index (χ1n) is 12.4. The van der Waals surface area contributed by atoms with Crippen molar-refractivity contribution in [2.45, 2.75) is 52.6 Å². The van der Waals surface area contributed by atoms with E-state index >= 15 is 0 Å². The van der Waals surface area contributed by atoms with E-state index < -0.39 is 5.97 Å². The smallest absolute Gasteiger partial charge is 0.304 e. The molecule has 5 rings (SSSR count). The van der Waals surface area contributed by atoms with Crippen molar-refractivity contribution in [3.63, 3.8) is 0 Å². The SMILES string of the molecule is CCn1nnc2c(C)c([C@@H](CC(=O)O)c3cc(C)c4c(c3)CN(C(=O)c3ccccc3)CC4)ccc21. The number of benzene rings is 3. The van der Waals surface area contributed by atoms with Crippen LogP contribution in [0.1, 0.15) is 63.0 Å². The summed E-state index contributed by atoms with van der Waals surface area (Å²) in [5.41, 5.74) is 8.77. The molecule has 0 fully saturated rings. The maximum atomic E-state index is 13.1. The number of carboxylic acid groups (broad SMARTS) is 1. The van der Waals surface area contributed by atoms with Gasteiger partial charge < -0.3 is 10.0 Å². The predicted molar refractivity (Wildman–Crippen MR) is 138 cm³/mol. The molecule has 0 unspecified atom stereocenters. The number of rotatable bonds is 6. The van der Waals surface area contributed by atoms with E-state index in [1.54, 1.807) is 0 Å². The Kier molecular flexibility index (Phi) is 6.31. The lowest BCUT2D eigenvalue weighted by atomic mass is 9.82. The van der Waals surface area contributed by atoms with Crippen LogP contribution >= 0.6 is 0 Å². The van der Waals surface area contributed by atoms with Crippen molar-refractivity contribution >= 4 is 22.9 Å². The lowest BCUT2D eigenvalue weighted by Crippen LogP contribution is -2.36. The number of fused-ring (bicyclic) bond motifs is 2. The molecule has 0 radical (unpaired) electrons. The van der Waals surface area contributed by atoms with Gasteiger partial charge in [0.1, 0.15) is 5.52 Å². The van der Waals surface area contributed by atoms with Gasteiger partial charge in [0, 0.05) is 31.1 Å². The van der Waals surface area contributed by atoms with Crippen LogP contribution in [0.4, 0.5) is 0 Å². The van der Waals surface area contributed by atoms with E-state index in [9.17, 15) is 14.7 Å². The Hall–Kier alpha value is -4.00. The Bertz CT molecular complexity index is 1460. The monoisotopic (exact) mass is 482 g/mol. The van der Waals surface area contributed by atoms with Gasteiger partial charge in [0.2, 0.25) is 0 Å². The van der Waals surface area contributed by atoms with Crippen molar-refractivity contribution < 1.29 is 14.7 Å². The molecule has 2 heterocycles. The molecule has 3 aromatic carbocycles. The summed E-state index contributed by atoms with van der Waals surface area (Å²) in [4.78, 5) is 27.0. The molecule has 0 bridgehead atoms. The average Bonchev–Trinajstić information content (AvgIpc) is 3.31. The summed E-state index contributed by atoms with van der Waals surface area (Å²) < 4.78 is 1.85. The minimum atomic E-state index is -0.854. The quantitative estimate of drug-likeness (QED) is 0.423. The van der Waals surface area contributed by atoms with Crippen LogP contribution in [0, 0.1) is 13.8 Å². The number of hydrogen-bond donors (Lipinski definition) is 1. The number of hydrogen-bond acceptors (Lipinski definition) is 4. The minimum Gasteiger partial charge on any atom is -0.481 e. The number of aryl methyl sites for hydroxylation is 3. The van der Waals surface area contributed by atoms with E-state index in [1.165, 1.54) is 5.56 Å². The topological polar surface area (TPSA) is 88.3 Å². The fourth-order valence-corrected chi connectivity index (χ4v) is 5.46. The van der Waals surface area contributed by atoms with Crippen molar-refractivity contribution in [3.05, 3.63) is 93.5 Å². The summed E-state index contributed by atoms with van der Waals surface area (Å²) in [5.74, 6) is -1.16. The Morgan fingerprint density at radius 2 is 1.86 bits per heavy atom. The molecule has 1 aromatic heterocycles. The van der Waals surface area contributed by atoms with Crippen LogP contribution in [0.3, 0.4) is 0 Å². The highest BCUT2D eigenvalue weighted by Crippen LogP contribution is 2.36. The second-order valence-electron chi connectivity index (χ2n) is 9.52. The lowest BCUT2D eigenvalue weighted by molar-refractivity contribution is -0.137. The third-order valence-corrected chi connectivity index (χ3v) is 7.33. The largest absolute Gasteiger partial charge is 0.481 e. The van der Waals surface area contributed by atoms with Crippen LogP contribution in [0.15, 0.2) is 54.6 Å². The van der Waals surface area contributed by atoms with Crippen LogP contribution in [0.25, 0.3) is 11.0 Å². The highest BCUT2D eigenvalue weighted by atomic mass is 16.4. The van der Waals surface area contributed by atoms with E-state index in [1.807, 2.05) is 65.9 Å². The van der Waals surface area contributed by atoms with Gasteiger partial charge in [0.25, 0.3) is 5.91 Å². The van der Waals surface area contributed by atoms with Crippen LogP contribution in [-0.4, -0.2) is 43.4 Å². The van der Waals surface area contributed by atoms with Gasteiger partial charge in [-0.05, 0) is 78.8 Å². The zero-order valence-electron chi connectivity index (χ0n) is 20.9. The Labute approximate surface area is 210 Å². The average molecular weight is 483 g/mol. The number of amides is 1. The molecule has 0 spiro atoms. The second-order valence-corrected chi connectivity index (χ2v) is 9.52. The molecule has 0 saturated carbocycles. The van der Waals surface area contributed by atoms with Gasteiger partial charge in [0.15, 0.2) is 0 Å². The third-order valence-electron chi connectivity index (χ3n) is 7.33. The molecule has 1 aliphatic heterocycles. The first kappa shape index (κ1) is 23.7. The summed E-state index contributed by atoms with van der Waals surface area (Å²) in [5, 5.41) is 18.4. The van der Waals surface area contributed by atoms with Gasteiger partial charge in [-0.25, -0.2) is 4.68 Å². The van der Waals surface area contributed by atoms with Crippen LogP contribution < -0.4 is 0 Å². The second kappa shape index (κ2) is 9.57. The fraction of sp³-hybridized carbons (Fsp3) is 0.310. The van der Waals surface area contributed by atoms with Gasteiger partial charge in [-0.1, -0.05) is 41.6 Å². The molecule has 0 aliphatic carbocycles. The molecular formula is C29H30N4O3. The first-order valence-corrected chi connectivity index (χ1v) is 12.4. The van der Waals surface area contributed by atoms with Gasteiger partial charge in [0.05, 0.1) is 11.9 Å². The number of carbonyl (C=O) groups excluding carboxylic acids is 1. The van der Waals surface area contributed by atoms with Crippen molar-refractivity contribution in [2.24, 2.45) is 0 Å². The van der Waals surface area contributed by atoms with E-state index in [-0.39, 0.29) is 18.2 Å². The molecule has 36 heavy (non-hydrogen) atoms. The molecule has 7 nitrogen and oxygen atoms in total. The summed E-state index contributed by atoms with van der Waals surface area (Å²) >= 11 is 0. The number of carbonyl (C=O) groups is 2. The van der Waals surface area contributed by atoms with Gasteiger partial charge in [-0.2, -0.15) is 0 Å². The standard InChI is InChI=1S/C29H30N4O3/c1-4-33-26-11-10-24(19(3)28(26)30-31-33)25(16-27(34)35)21-14-18(2)23-12-13-32(17-22(23)15-21)29(36)20-8-6-5-7-9-20/h5-11,14-15,25H,4,12-13,16-17H2,1-3H3,(H,34,35)/t25-/m0/s1. The summed E-state index contributed by atoms with van der Waals surface area (Å²) in [6.45, 7) is 8.00. The maximum absolute atomic E-state index is 13.1. The number of nitrogens with zero attached hydrogens (tertiary/aromatic N) is 4. The molecule has 1 aliphatic rings. The molecule has 1 N–H and O–H groups in total. The Balaban J connectivity index is 1.54. The maximum Gasteiger partial charge on any atom is 0.304 e. The molecule has 4 aromatic rings. The molecule has 0 saturated heterocycles. The summed E-state index contributed by atoms with van der Waals surface area (Å²) in [7, 11) is 0. The molecule has 1 amide bonds. The highest BCUT2D eigenvalue weighted by Gasteiger charge is 2.27. The van der Waals surface area contributed by atoms with Gasteiger partial charge in [-0.15, -0.1) is 5.10 Å². The lowest BCUT2D eigenvalue weighted by Gasteiger charge is -2.31. The molecule has 7 heteroatoms. The van der Waals surface area contributed by atoms with Crippen LogP contribution in [-0.2, 0) is 24.3 Å². The van der Waals surface area contributed by atoms with Crippen molar-refractivity contribution in [3.8, 4) is 0 Å². The van der Waals surface area contributed by atoms with E-state index in [2.05, 4.69) is 29.4 Å². The third kappa shape index (κ3) is 4.26. The van der Waals surface area contributed by atoms with Crippen molar-refractivity contribution in [1.82, 2.24) is 19.9 Å². The minimum absolute atomic E-state index is 0.0201. The van der Waals surface area contributed by atoms with Gasteiger partial charge in [-0.3, -0.25) is 9.59 Å². The first-order chi connectivity index (χ1) is 17.4. The van der Waals surface area contributed by atoms with Crippen LogP contribution in [0.5, 0.6) is 0 Å². The van der Waals surface area contributed by atoms with Crippen LogP contribution in [0.2, 0.25) is 0 Å². The van der Waals surface area contributed by atoms with E-state index in [4.69, 9.17) is 0 Å². The Morgan fingerprint density at radius 3 is 2.58 bits per heavy atom. The van der Waals surface area contributed by atoms with E-state index in [0.29, 0.717) is 18.7 Å². The molecule has 1 atom stereocenters. The number of aromatic nitrogens is 3. The van der Waals surface area contributed by atoms with Gasteiger partial charge >= 0.3 is 5.97 Å².